The van der Waals surface area contributed by atoms with Crippen LogP contribution >= 0.6 is 7.99 Å². The van der Waals surface area contributed by atoms with E-state index >= 15 is 0 Å². The minimum absolute atomic E-state index is 0.756. The van der Waals surface area contributed by atoms with E-state index in [0.29, 0.717) is 0 Å². The van der Waals surface area contributed by atoms with Crippen LogP contribution in [-0.2, 0) is 13.9 Å². The Labute approximate surface area is 44.3 Å². The summed E-state index contributed by atoms with van der Waals surface area (Å²) in [4.78, 5) is 9.58. The third-order valence-corrected chi connectivity index (χ3v) is 0.704. The van der Waals surface area contributed by atoms with Gasteiger partial charge in [0.25, 0.3) is 0 Å². The van der Waals surface area contributed by atoms with Crippen molar-refractivity contribution < 1.29 is 22.3 Å². The second-order valence-corrected chi connectivity index (χ2v) is 2.01. The molecule has 48 valence electrons. The monoisotopic (exact) mass is 144 g/mol. The molecule has 0 spiro atoms. The Bertz CT molecular complexity index is 138. The van der Waals surface area contributed by atoms with Crippen LogP contribution in [0.15, 0.2) is 0 Å². The van der Waals surface area contributed by atoms with Crippen molar-refractivity contribution in [2.75, 3.05) is 0 Å². The van der Waals surface area contributed by atoms with E-state index < -0.39 is 14.0 Å². The first-order valence-electron chi connectivity index (χ1n) is 1.61. The van der Waals surface area contributed by atoms with Gasteiger partial charge in [-0.3, -0.25) is 4.79 Å². The van der Waals surface area contributed by atoms with E-state index in [1.165, 1.54) is 0 Å². The second kappa shape index (κ2) is 2.22. The van der Waals surface area contributed by atoms with Gasteiger partial charge in [0.05, 0.1) is 0 Å². The zero-order valence-corrected chi connectivity index (χ0v) is 4.82. The van der Waals surface area contributed by atoms with Crippen LogP contribution in [0.3, 0.4) is 0 Å². The summed E-state index contributed by atoms with van der Waals surface area (Å²) in [6.07, 6.45) is 0. The molecule has 0 aromatic carbocycles. The van der Waals surface area contributed by atoms with Crippen LogP contribution in [0.25, 0.3) is 0 Å². The summed E-state index contributed by atoms with van der Waals surface area (Å²) >= 11 is 0. The number of hydrogen-bond acceptors (Lipinski definition) is 3. The third kappa shape index (κ3) is 5.56. The second-order valence-electron chi connectivity index (χ2n) is 0.997. The van der Waals surface area contributed by atoms with Gasteiger partial charge in [0.2, 0.25) is 0 Å². The average molecular weight is 144 g/mol. The van der Waals surface area contributed by atoms with Crippen LogP contribution < -0.4 is 0 Å². The lowest BCUT2D eigenvalue weighted by atomic mass is 10.9. The summed E-state index contributed by atoms with van der Waals surface area (Å²) in [6.45, 7) is 0.756. The van der Waals surface area contributed by atoms with E-state index in [-0.39, 0.29) is 0 Å². The predicted molar refractivity (Wildman–Crippen MR) is 21.6 cm³/mol. The molecule has 8 heavy (non-hydrogen) atoms. The molecule has 0 N–H and O–H groups in total. The van der Waals surface area contributed by atoms with Gasteiger partial charge in [-0.25, -0.2) is 4.57 Å². The topological polar surface area (TPSA) is 43.4 Å². The summed E-state index contributed by atoms with van der Waals surface area (Å²) in [7, 11) is -5.57. The Morgan fingerprint density at radius 1 is 1.62 bits per heavy atom. The summed E-state index contributed by atoms with van der Waals surface area (Å²) < 4.78 is 34.4. The highest BCUT2D eigenvalue weighted by atomic mass is 31.2. The highest BCUT2D eigenvalue weighted by Gasteiger charge is 2.23. The quantitative estimate of drug-likeness (QED) is 0.525. The maximum absolute atomic E-state index is 11.1. The Morgan fingerprint density at radius 3 is 2.00 bits per heavy atom. The Hall–Kier alpha value is -0.440. The number of carbonyl (C=O) groups excluding carboxylic acids is 1. The number of rotatable bonds is 1. The molecule has 0 saturated carbocycles. The lowest BCUT2D eigenvalue weighted by molar-refractivity contribution is -0.132. The third-order valence-electron chi connectivity index (χ3n) is 0.235. The maximum atomic E-state index is 11.1. The zero-order valence-electron chi connectivity index (χ0n) is 3.93. The van der Waals surface area contributed by atoms with E-state index in [1.54, 1.807) is 0 Å². The van der Waals surface area contributed by atoms with Crippen molar-refractivity contribution >= 4 is 14.0 Å². The van der Waals surface area contributed by atoms with E-state index in [9.17, 15) is 17.8 Å². The lowest BCUT2D eigenvalue weighted by Gasteiger charge is -1.93. The van der Waals surface area contributed by atoms with Gasteiger partial charge < -0.3 is 4.52 Å². The molecule has 0 unspecified atom stereocenters. The molecule has 0 aliphatic heterocycles. The molecule has 6 heteroatoms. The van der Waals surface area contributed by atoms with E-state index in [1.807, 2.05) is 0 Å². The minimum atomic E-state index is -5.57. The first kappa shape index (κ1) is 7.56. The first-order valence-corrected chi connectivity index (χ1v) is 3.02. The standard InChI is InChI=1S/C2H3F2O3P/c1-2(5)7-8(3,4)6/h1H3. The van der Waals surface area contributed by atoms with Gasteiger partial charge >= 0.3 is 14.0 Å². The molecule has 0 amide bonds. The maximum Gasteiger partial charge on any atom is 0.612 e. The molecule has 0 aliphatic rings. The molecule has 0 radical (unpaired) electrons. The van der Waals surface area contributed by atoms with Crippen LogP contribution in [0, 0.1) is 0 Å². The molecule has 0 atom stereocenters. The molecule has 0 aromatic heterocycles. The smallest absolute Gasteiger partial charge is 0.364 e. The normalized spacial score (nSPS) is 10.9. The fourth-order valence-corrected chi connectivity index (χ4v) is 0.449. The highest BCUT2D eigenvalue weighted by Crippen LogP contribution is 2.50. The average Bonchev–Trinajstić information content (AvgIpc) is 1.21. The molecule has 0 heterocycles. The van der Waals surface area contributed by atoms with Crippen molar-refractivity contribution in [2.45, 2.75) is 6.92 Å². The molecule has 0 bridgehead atoms. The van der Waals surface area contributed by atoms with Crippen molar-refractivity contribution in [1.82, 2.24) is 0 Å². The first-order chi connectivity index (χ1) is 3.42. The van der Waals surface area contributed by atoms with Crippen LogP contribution in [-0.4, -0.2) is 5.97 Å². The van der Waals surface area contributed by atoms with Crippen molar-refractivity contribution in [2.24, 2.45) is 0 Å². The van der Waals surface area contributed by atoms with Crippen molar-refractivity contribution in [3.63, 3.8) is 0 Å². The van der Waals surface area contributed by atoms with Gasteiger partial charge in [0.15, 0.2) is 0 Å². The lowest BCUT2D eigenvalue weighted by Crippen LogP contribution is -1.89. The summed E-state index contributed by atoms with van der Waals surface area (Å²) in [5.41, 5.74) is 0. The number of halogens is 2. The van der Waals surface area contributed by atoms with Gasteiger partial charge in [0, 0.05) is 6.92 Å². The van der Waals surface area contributed by atoms with Crippen LogP contribution in [0.1, 0.15) is 6.92 Å². The zero-order chi connectivity index (χ0) is 6.78. The molecule has 3 nitrogen and oxygen atoms in total. The van der Waals surface area contributed by atoms with Gasteiger partial charge in [-0.15, -0.1) is 8.39 Å². The highest BCUT2D eigenvalue weighted by molar-refractivity contribution is 7.48. The van der Waals surface area contributed by atoms with Crippen LogP contribution in [0.2, 0.25) is 0 Å². The molecule has 0 fully saturated rings. The van der Waals surface area contributed by atoms with Gasteiger partial charge in [-0.1, -0.05) is 0 Å². The minimum Gasteiger partial charge on any atom is -0.364 e. The van der Waals surface area contributed by atoms with Crippen LogP contribution in [0.5, 0.6) is 0 Å². The van der Waals surface area contributed by atoms with Gasteiger partial charge in [-0.05, 0) is 0 Å². The number of hydrogen-bond donors (Lipinski definition) is 0. The molecule has 0 aliphatic carbocycles. The fourth-order valence-electron chi connectivity index (χ4n) is 0.150. The molecular formula is C2H3F2O3P. The Morgan fingerprint density at radius 2 is 2.00 bits per heavy atom. The summed E-state index contributed by atoms with van der Waals surface area (Å²) in [5, 5.41) is 0. The van der Waals surface area contributed by atoms with Crippen molar-refractivity contribution in [1.29, 1.82) is 0 Å². The van der Waals surface area contributed by atoms with Gasteiger partial charge in [0.1, 0.15) is 0 Å². The predicted octanol–water partition coefficient (Wildman–Crippen LogP) is 1.60. The van der Waals surface area contributed by atoms with Crippen molar-refractivity contribution in [3.8, 4) is 0 Å². The Balaban J connectivity index is 3.74. The van der Waals surface area contributed by atoms with E-state index in [2.05, 4.69) is 4.52 Å². The molecule has 0 aromatic rings. The van der Waals surface area contributed by atoms with Crippen LogP contribution in [0.4, 0.5) is 8.39 Å². The molecule has 0 rings (SSSR count). The van der Waals surface area contributed by atoms with E-state index in [4.69, 9.17) is 0 Å². The van der Waals surface area contributed by atoms with Crippen molar-refractivity contribution in [3.05, 3.63) is 0 Å². The summed E-state index contributed by atoms with van der Waals surface area (Å²) in [5.74, 6) is -1.24. The molecular weight excluding hydrogens is 141 g/mol. The summed E-state index contributed by atoms with van der Waals surface area (Å²) in [6, 6.07) is 0. The Kier molecular flexibility index (Phi) is 2.10. The fraction of sp³-hybridized carbons (Fsp3) is 0.500. The van der Waals surface area contributed by atoms with Gasteiger partial charge in [-0.2, -0.15) is 0 Å². The molecule has 0 saturated heterocycles. The van der Waals surface area contributed by atoms with E-state index in [0.717, 1.165) is 6.92 Å². The SMILES string of the molecule is CC(=O)OP(=O)(F)F. The number of carbonyl (C=O) groups is 1. The largest absolute Gasteiger partial charge is 0.612 e.